The standard InChI is InChI=1S/C23H28N2O6S/c1-14-7-9-15(10-8-14)30-12-4-11-25-17-6-3-2-5-16(17)24-23(25)32-22-21(29)20(28)19(27)18(13-26)31-22/h2-3,5-10,18-22,26-29H,4,11-13H2,1H3. The fourth-order valence-corrected chi connectivity index (χ4v) is 4.85. The lowest BCUT2D eigenvalue weighted by Gasteiger charge is -2.39. The van der Waals surface area contributed by atoms with Crippen molar-refractivity contribution in [1.29, 1.82) is 0 Å². The highest BCUT2D eigenvalue weighted by Gasteiger charge is 2.44. The second-order valence-electron chi connectivity index (χ2n) is 7.86. The van der Waals surface area contributed by atoms with Gasteiger partial charge in [-0.05, 0) is 37.6 Å². The molecule has 1 aliphatic rings. The molecule has 0 radical (unpaired) electrons. The van der Waals surface area contributed by atoms with Gasteiger partial charge in [-0.25, -0.2) is 4.98 Å². The first kappa shape index (κ1) is 23.0. The third kappa shape index (κ3) is 4.93. The molecular weight excluding hydrogens is 432 g/mol. The molecule has 0 aliphatic carbocycles. The van der Waals surface area contributed by atoms with Crippen LogP contribution in [0.5, 0.6) is 5.75 Å². The van der Waals surface area contributed by atoms with Gasteiger partial charge in [0.05, 0.1) is 24.2 Å². The number of benzene rings is 2. The van der Waals surface area contributed by atoms with Crippen molar-refractivity contribution in [2.45, 2.75) is 54.9 Å². The molecule has 4 N–H and O–H groups in total. The number of thioether (sulfide) groups is 1. The minimum atomic E-state index is -1.42. The summed E-state index contributed by atoms with van der Waals surface area (Å²) < 4.78 is 13.5. The van der Waals surface area contributed by atoms with Gasteiger partial charge in [-0.15, -0.1) is 0 Å². The molecule has 1 saturated heterocycles. The molecule has 9 heteroatoms. The maximum atomic E-state index is 10.4. The van der Waals surface area contributed by atoms with E-state index in [1.54, 1.807) is 0 Å². The predicted molar refractivity (Wildman–Crippen MR) is 121 cm³/mol. The van der Waals surface area contributed by atoms with Crippen molar-refractivity contribution in [3.8, 4) is 5.75 Å². The van der Waals surface area contributed by atoms with Gasteiger partial charge < -0.3 is 34.5 Å². The quantitative estimate of drug-likeness (QED) is 0.376. The number of hydrogen-bond acceptors (Lipinski definition) is 8. The van der Waals surface area contributed by atoms with Crippen LogP contribution in [-0.4, -0.2) is 73.0 Å². The van der Waals surface area contributed by atoms with Gasteiger partial charge >= 0.3 is 0 Å². The lowest BCUT2D eigenvalue weighted by atomic mass is 10.0. The Labute approximate surface area is 190 Å². The summed E-state index contributed by atoms with van der Waals surface area (Å²) in [6, 6.07) is 15.6. The largest absolute Gasteiger partial charge is 0.494 e. The minimum absolute atomic E-state index is 0.464. The third-order valence-corrected chi connectivity index (χ3v) is 6.65. The summed E-state index contributed by atoms with van der Waals surface area (Å²) in [6.07, 6.45) is -4.34. The SMILES string of the molecule is Cc1ccc(OCCCn2c(SC3OC(CO)C(O)C(O)C3O)nc3ccccc32)cc1. The van der Waals surface area contributed by atoms with Gasteiger partial charge in [0.25, 0.3) is 0 Å². The summed E-state index contributed by atoms with van der Waals surface area (Å²) in [4.78, 5) is 4.67. The lowest BCUT2D eigenvalue weighted by Crippen LogP contribution is -2.57. The van der Waals surface area contributed by atoms with Gasteiger partial charge in [0.2, 0.25) is 0 Å². The van der Waals surface area contributed by atoms with Crippen LogP contribution >= 0.6 is 11.8 Å². The van der Waals surface area contributed by atoms with E-state index in [1.807, 2.05) is 60.0 Å². The zero-order valence-electron chi connectivity index (χ0n) is 17.7. The Bertz CT molecular complexity index is 1030. The Balaban J connectivity index is 1.48. The van der Waals surface area contributed by atoms with Gasteiger partial charge in [-0.2, -0.15) is 0 Å². The van der Waals surface area contributed by atoms with E-state index in [0.29, 0.717) is 18.3 Å². The number of aliphatic hydroxyl groups excluding tert-OH is 4. The van der Waals surface area contributed by atoms with E-state index < -0.39 is 36.5 Å². The molecule has 1 aromatic heterocycles. The summed E-state index contributed by atoms with van der Waals surface area (Å²) >= 11 is 1.16. The fraction of sp³-hybridized carbons (Fsp3) is 0.435. The van der Waals surface area contributed by atoms with Crippen molar-refractivity contribution in [1.82, 2.24) is 9.55 Å². The second-order valence-corrected chi connectivity index (χ2v) is 8.93. The summed E-state index contributed by atoms with van der Waals surface area (Å²) in [5.74, 6) is 0.821. The zero-order valence-corrected chi connectivity index (χ0v) is 18.6. The van der Waals surface area contributed by atoms with Crippen molar-refractivity contribution in [2.24, 2.45) is 0 Å². The average molecular weight is 461 g/mol. The van der Waals surface area contributed by atoms with E-state index in [2.05, 4.69) is 4.98 Å². The van der Waals surface area contributed by atoms with Crippen molar-refractivity contribution >= 4 is 22.8 Å². The van der Waals surface area contributed by atoms with E-state index in [9.17, 15) is 20.4 Å². The monoisotopic (exact) mass is 460 g/mol. The number of aryl methyl sites for hydroxylation is 2. The molecule has 0 bridgehead atoms. The number of aliphatic hydroxyl groups is 4. The van der Waals surface area contributed by atoms with Gasteiger partial charge in [0.15, 0.2) is 5.16 Å². The molecular formula is C23H28N2O6S. The Kier molecular flexibility index (Phi) is 7.34. The average Bonchev–Trinajstić information content (AvgIpc) is 3.15. The number of fused-ring (bicyclic) bond motifs is 1. The maximum absolute atomic E-state index is 10.4. The van der Waals surface area contributed by atoms with Crippen LogP contribution < -0.4 is 4.74 Å². The number of para-hydroxylation sites is 2. The summed E-state index contributed by atoms with van der Waals surface area (Å²) in [6.45, 7) is 2.73. The third-order valence-electron chi connectivity index (χ3n) is 5.51. The molecule has 2 aromatic carbocycles. The predicted octanol–water partition coefficient (Wildman–Crippen LogP) is 1.71. The molecule has 3 aromatic rings. The van der Waals surface area contributed by atoms with Crippen LogP contribution in [0.3, 0.4) is 0 Å². The highest BCUT2D eigenvalue weighted by atomic mass is 32.2. The van der Waals surface area contributed by atoms with Crippen molar-refractivity contribution in [2.75, 3.05) is 13.2 Å². The van der Waals surface area contributed by atoms with Crippen molar-refractivity contribution < 1.29 is 29.9 Å². The van der Waals surface area contributed by atoms with Gasteiger partial charge in [-0.1, -0.05) is 41.6 Å². The van der Waals surface area contributed by atoms with Gasteiger partial charge in [0, 0.05) is 6.54 Å². The minimum Gasteiger partial charge on any atom is -0.494 e. The lowest BCUT2D eigenvalue weighted by molar-refractivity contribution is -0.205. The fourth-order valence-electron chi connectivity index (χ4n) is 3.68. The molecule has 5 unspecified atom stereocenters. The molecule has 0 amide bonds. The van der Waals surface area contributed by atoms with E-state index >= 15 is 0 Å². The molecule has 4 rings (SSSR count). The van der Waals surface area contributed by atoms with Gasteiger partial charge in [0.1, 0.15) is 35.6 Å². The maximum Gasteiger partial charge on any atom is 0.171 e. The molecule has 0 saturated carbocycles. The summed E-state index contributed by atoms with van der Waals surface area (Å²) in [7, 11) is 0. The summed E-state index contributed by atoms with van der Waals surface area (Å²) in [5, 5.41) is 40.6. The van der Waals surface area contributed by atoms with Crippen LogP contribution in [0.4, 0.5) is 0 Å². The van der Waals surface area contributed by atoms with Crippen molar-refractivity contribution in [3.63, 3.8) is 0 Å². The molecule has 0 spiro atoms. The molecule has 172 valence electrons. The molecule has 8 nitrogen and oxygen atoms in total. The van der Waals surface area contributed by atoms with Crippen LogP contribution in [0.15, 0.2) is 53.7 Å². The topological polar surface area (TPSA) is 117 Å². The normalized spacial score (nSPS) is 25.8. The van der Waals surface area contributed by atoms with E-state index in [-0.39, 0.29) is 0 Å². The number of ether oxygens (including phenoxy) is 2. The Morgan fingerprint density at radius 3 is 2.53 bits per heavy atom. The van der Waals surface area contributed by atoms with E-state index in [1.165, 1.54) is 5.56 Å². The highest BCUT2D eigenvalue weighted by Crippen LogP contribution is 2.34. The Morgan fingerprint density at radius 2 is 1.78 bits per heavy atom. The number of rotatable bonds is 8. The smallest absolute Gasteiger partial charge is 0.171 e. The number of hydrogen-bond donors (Lipinski definition) is 4. The molecule has 32 heavy (non-hydrogen) atoms. The number of nitrogens with zero attached hydrogens (tertiary/aromatic N) is 2. The second kappa shape index (κ2) is 10.2. The molecule has 1 fully saturated rings. The van der Waals surface area contributed by atoms with E-state index in [0.717, 1.165) is 35.0 Å². The molecule has 5 atom stereocenters. The Morgan fingerprint density at radius 1 is 1.03 bits per heavy atom. The molecule has 2 heterocycles. The van der Waals surface area contributed by atoms with Crippen LogP contribution in [-0.2, 0) is 11.3 Å². The van der Waals surface area contributed by atoms with Crippen molar-refractivity contribution in [3.05, 3.63) is 54.1 Å². The van der Waals surface area contributed by atoms with Crippen LogP contribution in [0.1, 0.15) is 12.0 Å². The van der Waals surface area contributed by atoms with E-state index in [4.69, 9.17) is 9.47 Å². The van der Waals surface area contributed by atoms with Gasteiger partial charge in [-0.3, -0.25) is 0 Å². The number of aromatic nitrogens is 2. The first-order chi connectivity index (χ1) is 15.5. The van der Waals surface area contributed by atoms with Crippen LogP contribution in [0.25, 0.3) is 11.0 Å². The number of imidazole rings is 1. The first-order valence-electron chi connectivity index (χ1n) is 10.6. The molecule has 1 aliphatic heterocycles. The highest BCUT2D eigenvalue weighted by molar-refractivity contribution is 7.99. The van der Waals surface area contributed by atoms with Crippen LogP contribution in [0, 0.1) is 6.92 Å². The zero-order chi connectivity index (χ0) is 22.7. The van der Waals surface area contributed by atoms with Crippen LogP contribution in [0.2, 0.25) is 0 Å². The summed E-state index contributed by atoms with van der Waals surface area (Å²) in [5.41, 5.74) is 2.04. The Hall–Kier alpha value is -2.14. The first-order valence-corrected chi connectivity index (χ1v) is 11.5.